The number of nitrogens with zero attached hydrogens (tertiary/aromatic N) is 1. The standard InChI is InChI=1S/C27H27FN2O5S/c1-17-23(28)5-3-6-26(17)36(32,33)29-21-9-7-19(8-10-21)27(31)30-12-11-20-15-24-25(16-22(20)18(30)2)35-14-4-13-34-24/h3,5-10,15-16,18,29H,4,11-14H2,1-2H3/t18-/m0/s1. The minimum atomic E-state index is -3.98. The Morgan fingerprint density at radius 3 is 2.47 bits per heavy atom. The normalized spacial score (nSPS) is 17.2. The predicted molar refractivity (Wildman–Crippen MR) is 134 cm³/mol. The van der Waals surface area contributed by atoms with Crippen LogP contribution in [0.25, 0.3) is 0 Å². The Labute approximate surface area is 209 Å². The molecule has 0 bridgehead atoms. The van der Waals surface area contributed by atoms with Gasteiger partial charge in [0.05, 0.1) is 24.2 Å². The number of sulfonamides is 1. The van der Waals surface area contributed by atoms with Crippen LogP contribution in [0.5, 0.6) is 11.5 Å². The SMILES string of the molecule is Cc1c(F)cccc1S(=O)(=O)Nc1ccc(C(=O)N2CCc3cc4c(cc3[C@@H]2C)OCCCO4)cc1. The van der Waals surface area contributed by atoms with Gasteiger partial charge >= 0.3 is 0 Å². The fraction of sp³-hybridized carbons (Fsp3) is 0.296. The number of nitrogens with one attached hydrogen (secondary N) is 1. The molecule has 0 saturated carbocycles. The molecule has 0 aromatic heterocycles. The second-order valence-corrected chi connectivity index (χ2v) is 10.7. The van der Waals surface area contributed by atoms with Gasteiger partial charge in [0.1, 0.15) is 5.82 Å². The number of benzene rings is 3. The van der Waals surface area contributed by atoms with E-state index in [1.165, 1.54) is 37.3 Å². The van der Waals surface area contributed by atoms with Gasteiger partial charge in [-0.25, -0.2) is 12.8 Å². The van der Waals surface area contributed by atoms with E-state index in [2.05, 4.69) is 4.72 Å². The van der Waals surface area contributed by atoms with Crippen molar-refractivity contribution in [1.29, 1.82) is 0 Å². The largest absolute Gasteiger partial charge is 0.490 e. The summed E-state index contributed by atoms with van der Waals surface area (Å²) in [5.74, 6) is 0.726. The number of hydrogen-bond acceptors (Lipinski definition) is 5. The highest BCUT2D eigenvalue weighted by Gasteiger charge is 2.30. The maximum absolute atomic E-state index is 13.8. The van der Waals surface area contributed by atoms with Gasteiger partial charge in [0.15, 0.2) is 11.5 Å². The average molecular weight is 511 g/mol. The summed E-state index contributed by atoms with van der Waals surface area (Å²) in [5.41, 5.74) is 2.96. The van der Waals surface area contributed by atoms with Crippen LogP contribution >= 0.6 is 0 Å². The first kappa shape index (κ1) is 24.1. The van der Waals surface area contributed by atoms with E-state index in [0.29, 0.717) is 37.5 Å². The van der Waals surface area contributed by atoms with Gasteiger partial charge in [-0.2, -0.15) is 0 Å². The van der Waals surface area contributed by atoms with Crippen LogP contribution < -0.4 is 14.2 Å². The highest BCUT2D eigenvalue weighted by atomic mass is 32.2. The molecule has 0 saturated heterocycles. The summed E-state index contributed by atoms with van der Waals surface area (Å²) in [6.07, 6.45) is 1.53. The number of amides is 1. The van der Waals surface area contributed by atoms with Crippen LogP contribution in [-0.2, 0) is 16.4 Å². The van der Waals surface area contributed by atoms with E-state index in [4.69, 9.17) is 9.47 Å². The van der Waals surface area contributed by atoms with Crippen LogP contribution in [-0.4, -0.2) is 39.0 Å². The molecule has 1 atom stereocenters. The second-order valence-electron chi connectivity index (χ2n) is 9.02. The van der Waals surface area contributed by atoms with Crippen molar-refractivity contribution < 1.29 is 27.1 Å². The lowest BCUT2D eigenvalue weighted by Crippen LogP contribution is -2.38. The minimum Gasteiger partial charge on any atom is -0.490 e. The number of anilines is 1. The van der Waals surface area contributed by atoms with Crippen molar-refractivity contribution >= 4 is 21.6 Å². The molecular weight excluding hydrogens is 483 g/mol. The number of carbonyl (C=O) groups is 1. The fourth-order valence-electron chi connectivity index (χ4n) is 4.69. The van der Waals surface area contributed by atoms with Crippen molar-refractivity contribution in [2.24, 2.45) is 0 Å². The second kappa shape index (κ2) is 9.46. The predicted octanol–water partition coefficient (Wildman–Crippen LogP) is 4.86. The molecule has 5 rings (SSSR count). The van der Waals surface area contributed by atoms with Gasteiger partial charge in [-0.1, -0.05) is 6.07 Å². The molecule has 3 aromatic carbocycles. The molecule has 36 heavy (non-hydrogen) atoms. The zero-order valence-corrected chi connectivity index (χ0v) is 20.9. The van der Waals surface area contributed by atoms with Gasteiger partial charge in [0, 0.05) is 29.8 Å². The Hall–Kier alpha value is -3.59. The summed E-state index contributed by atoms with van der Waals surface area (Å²) in [6, 6.07) is 14.0. The third-order valence-electron chi connectivity index (χ3n) is 6.70. The molecular formula is C27H27FN2O5S. The van der Waals surface area contributed by atoms with Gasteiger partial charge in [-0.3, -0.25) is 9.52 Å². The van der Waals surface area contributed by atoms with E-state index in [1.807, 2.05) is 24.0 Å². The van der Waals surface area contributed by atoms with Gasteiger partial charge in [0.25, 0.3) is 15.9 Å². The zero-order chi connectivity index (χ0) is 25.4. The van der Waals surface area contributed by atoms with Crippen LogP contribution in [0.3, 0.4) is 0 Å². The van der Waals surface area contributed by atoms with E-state index in [0.717, 1.165) is 23.3 Å². The molecule has 7 nitrogen and oxygen atoms in total. The van der Waals surface area contributed by atoms with E-state index in [-0.39, 0.29) is 28.1 Å². The molecule has 1 N–H and O–H groups in total. The van der Waals surface area contributed by atoms with E-state index in [1.54, 1.807) is 12.1 Å². The Kier molecular flexibility index (Phi) is 6.34. The maximum atomic E-state index is 13.8. The van der Waals surface area contributed by atoms with Gasteiger partial charge in [-0.15, -0.1) is 0 Å². The molecule has 2 aliphatic rings. The summed E-state index contributed by atoms with van der Waals surface area (Å²) < 4.78 is 53.5. The zero-order valence-electron chi connectivity index (χ0n) is 20.1. The lowest BCUT2D eigenvalue weighted by Gasteiger charge is -2.36. The minimum absolute atomic E-state index is 0.0463. The fourth-order valence-corrected chi connectivity index (χ4v) is 6.00. The number of ether oxygens (including phenoxy) is 2. The molecule has 1 amide bonds. The Bertz CT molecular complexity index is 1420. The molecule has 3 aromatic rings. The molecule has 0 aliphatic carbocycles. The van der Waals surface area contributed by atoms with Crippen molar-refractivity contribution in [3.8, 4) is 11.5 Å². The number of rotatable bonds is 4. The Morgan fingerprint density at radius 1 is 1.06 bits per heavy atom. The Balaban J connectivity index is 1.33. The summed E-state index contributed by atoms with van der Waals surface area (Å²) in [4.78, 5) is 15.0. The molecule has 0 radical (unpaired) electrons. The van der Waals surface area contributed by atoms with Crippen molar-refractivity contribution in [2.45, 2.75) is 37.6 Å². The third-order valence-corrected chi connectivity index (χ3v) is 8.23. The quantitative estimate of drug-likeness (QED) is 0.542. The molecule has 0 unspecified atom stereocenters. The smallest absolute Gasteiger partial charge is 0.262 e. The summed E-state index contributed by atoms with van der Waals surface area (Å²) >= 11 is 0. The molecule has 2 heterocycles. The Morgan fingerprint density at radius 2 is 1.75 bits per heavy atom. The van der Waals surface area contributed by atoms with Gasteiger partial charge in [-0.05, 0) is 79.9 Å². The topological polar surface area (TPSA) is 84.9 Å². The number of hydrogen-bond donors (Lipinski definition) is 1. The molecule has 0 spiro atoms. The number of carbonyl (C=O) groups excluding carboxylic acids is 1. The lowest BCUT2D eigenvalue weighted by atomic mass is 9.92. The third kappa shape index (κ3) is 4.51. The monoisotopic (exact) mass is 510 g/mol. The van der Waals surface area contributed by atoms with Gasteiger partial charge < -0.3 is 14.4 Å². The van der Waals surface area contributed by atoms with Crippen molar-refractivity contribution in [1.82, 2.24) is 4.90 Å². The van der Waals surface area contributed by atoms with Crippen molar-refractivity contribution in [3.05, 3.63) is 82.7 Å². The summed E-state index contributed by atoms with van der Waals surface area (Å²) in [5, 5.41) is 0. The molecule has 2 aliphatic heterocycles. The van der Waals surface area contributed by atoms with E-state index in [9.17, 15) is 17.6 Å². The summed E-state index contributed by atoms with van der Waals surface area (Å²) in [6.45, 7) is 5.18. The highest BCUT2D eigenvalue weighted by Crippen LogP contribution is 2.39. The van der Waals surface area contributed by atoms with Crippen LogP contribution in [0.4, 0.5) is 10.1 Å². The molecule has 188 valence electrons. The first-order valence-corrected chi connectivity index (χ1v) is 13.3. The van der Waals surface area contributed by atoms with Crippen LogP contribution in [0.2, 0.25) is 0 Å². The van der Waals surface area contributed by atoms with E-state index < -0.39 is 15.8 Å². The molecule has 0 fully saturated rings. The first-order valence-electron chi connectivity index (χ1n) is 11.9. The van der Waals surface area contributed by atoms with Gasteiger partial charge in [0.2, 0.25) is 0 Å². The van der Waals surface area contributed by atoms with Crippen LogP contribution in [0, 0.1) is 12.7 Å². The number of halogens is 1. The average Bonchev–Trinajstić information content (AvgIpc) is 3.09. The van der Waals surface area contributed by atoms with Crippen molar-refractivity contribution in [3.63, 3.8) is 0 Å². The maximum Gasteiger partial charge on any atom is 0.262 e. The first-order chi connectivity index (χ1) is 17.2. The number of fused-ring (bicyclic) bond motifs is 2. The lowest BCUT2D eigenvalue weighted by molar-refractivity contribution is 0.0677. The van der Waals surface area contributed by atoms with Crippen LogP contribution in [0.1, 0.15) is 46.4 Å². The van der Waals surface area contributed by atoms with Crippen LogP contribution in [0.15, 0.2) is 59.5 Å². The molecule has 9 heteroatoms. The van der Waals surface area contributed by atoms with Crippen molar-refractivity contribution in [2.75, 3.05) is 24.5 Å². The van der Waals surface area contributed by atoms with E-state index >= 15 is 0 Å². The summed E-state index contributed by atoms with van der Waals surface area (Å²) in [7, 11) is -3.98. The highest BCUT2D eigenvalue weighted by molar-refractivity contribution is 7.92.